The maximum Gasteiger partial charge on any atom is 0.0465 e. The van der Waals surface area contributed by atoms with Crippen LogP contribution in [-0.2, 0) is 6.54 Å². The van der Waals surface area contributed by atoms with E-state index in [-0.39, 0.29) is 0 Å². The highest BCUT2D eigenvalue weighted by atomic mass is 35.5. The largest absolute Gasteiger partial charge is 0.329 e. The number of hydrogen-bond donors (Lipinski definition) is 1. The molecule has 1 aromatic rings. The van der Waals surface area contributed by atoms with Crippen LogP contribution >= 0.6 is 23.2 Å². The lowest BCUT2D eigenvalue weighted by atomic mass is 10.0. The van der Waals surface area contributed by atoms with Crippen LogP contribution in [0.1, 0.15) is 12.0 Å². The number of rotatable bonds is 3. The third-order valence-corrected chi connectivity index (χ3v) is 3.51. The molecule has 0 radical (unpaired) electrons. The van der Waals surface area contributed by atoms with Gasteiger partial charge in [0.2, 0.25) is 0 Å². The van der Waals surface area contributed by atoms with Gasteiger partial charge in [0.1, 0.15) is 0 Å². The molecule has 82 valence electrons. The normalized spacial score (nSPS) is 21.4. The summed E-state index contributed by atoms with van der Waals surface area (Å²) < 4.78 is 0. The van der Waals surface area contributed by atoms with Crippen molar-refractivity contribution < 1.29 is 0 Å². The van der Waals surface area contributed by atoms with Gasteiger partial charge >= 0.3 is 0 Å². The second-order valence-electron chi connectivity index (χ2n) is 3.88. The zero-order valence-electron chi connectivity index (χ0n) is 8.42. The summed E-state index contributed by atoms with van der Waals surface area (Å²) >= 11 is 11.9. The number of hydrogen-bond acceptors (Lipinski definition) is 2. The number of nitrogens with zero attached hydrogens (tertiary/aromatic N) is 1. The molecule has 1 aliphatic heterocycles. The monoisotopic (exact) mass is 244 g/mol. The van der Waals surface area contributed by atoms with Crippen molar-refractivity contribution in [3.8, 4) is 0 Å². The van der Waals surface area contributed by atoms with Gasteiger partial charge < -0.3 is 5.73 Å². The molecule has 1 fully saturated rings. The van der Waals surface area contributed by atoms with Gasteiger partial charge in [-0.25, -0.2) is 0 Å². The van der Waals surface area contributed by atoms with Crippen LogP contribution in [0.5, 0.6) is 0 Å². The zero-order valence-corrected chi connectivity index (χ0v) is 9.93. The van der Waals surface area contributed by atoms with E-state index < -0.39 is 0 Å². The van der Waals surface area contributed by atoms with E-state index in [0.29, 0.717) is 11.1 Å². The molecular weight excluding hydrogens is 231 g/mol. The van der Waals surface area contributed by atoms with Gasteiger partial charge in [0.15, 0.2) is 0 Å². The van der Waals surface area contributed by atoms with Gasteiger partial charge in [-0.15, -0.1) is 0 Å². The molecule has 15 heavy (non-hydrogen) atoms. The summed E-state index contributed by atoms with van der Waals surface area (Å²) in [5.74, 6) is 0. The number of halogens is 2. The Labute approximate surface area is 100.0 Å². The van der Waals surface area contributed by atoms with Gasteiger partial charge in [0, 0.05) is 35.7 Å². The van der Waals surface area contributed by atoms with E-state index in [0.717, 1.165) is 30.2 Å². The lowest BCUT2D eigenvalue weighted by molar-refractivity contribution is 0.0882. The number of nitrogens with two attached hydrogens (primary N) is 1. The molecule has 1 atom stereocenters. The fourth-order valence-electron chi connectivity index (χ4n) is 1.84. The second kappa shape index (κ2) is 4.71. The maximum absolute atomic E-state index is 6.10. The van der Waals surface area contributed by atoms with Gasteiger partial charge in [0.25, 0.3) is 0 Å². The molecule has 2 nitrogen and oxygen atoms in total. The first-order chi connectivity index (χ1) is 7.20. The van der Waals surface area contributed by atoms with Crippen molar-refractivity contribution in [2.75, 3.05) is 13.1 Å². The van der Waals surface area contributed by atoms with Crippen molar-refractivity contribution in [3.05, 3.63) is 33.8 Å². The quantitative estimate of drug-likeness (QED) is 0.886. The minimum absolute atomic E-state index is 0.525. The average molecular weight is 245 g/mol. The molecule has 0 spiro atoms. The van der Waals surface area contributed by atoms with Crippen molar-refractivity contribution >= 4 is 23.2 Å². The Balaban J connectivity index is 2.04. The van der Waals surface area contributed by atoms with Crippen LogP contribution in [-0.4, -0.2) is 24.0 Å². The van der Waals surface area contributed by atoms with E-state index in [4.69, 9.17) is 28.9 Å². The van der Waals surface area contributed by atoms with Crippen LogP contribution in [0.2, 0.25) is 10.0 Å². The molecule has 1 saturated heterocycles. The lowest BCUT2D eigenvalue weighted by Gasteiger charge is -2.40. The van der Waals surface area contributed by atoms with E-state index in [1.54, 1.807) is 6.07 Å². The van der Waals surface area contributed by atoms with Gasteiger partial charge in [0.05, 0.1) is 0 Å². The van der Waals surface area contributed by atoms with Crippen molar-refractivity contribution in [3.63, 3.8) is 0 Å². The Morgan fingerprint density at radius 1 is 1.40 bits per heavy atom. The molecular formula is C11H14Cl2N2. The summed E-state index contributed by atoms with van der Waals surface area (Å²) in [6.07, 6.45) is 1.20. The molecule has 2 rings (SSSR count). The summed E-state index contributed by atoms with van der Waals surface area (Å²) in [6.45, 7) is 2.71. The predicted octanol–water partition coefficient (Wildman–Crippen LogP) is 2.53. The van der Waals surface area contributed by atoms with Crippen LogP contribution in [0.25, 0.3) is 0 Å². The molecule has 1 aliphatic rings. The summed E-state index contributed by atoms with van der Waals surface area (Å²) in [6, 6.07) is 6.17. The van der Waals surface area contributed by atoms with Crippen molar-refractivity contribution in [2.45, 2.75) is 19.0 Å². The SMILES string of the molecule is NCC1CCN1Cc1ccc(Cl)cc1Cl. The molecule has 4 heteroatoms. The molecule has 1 heterocycles. The maximum atomic E-state index is 6.10. The van der Waals surface area contributed by atoms with Crippen LogP contribution < -0.4 is 5.73 Å². The average Bonchev–Trinajstić information content (AvgIpc) is 2.15. The van der Waals surface area contributed by atoms with Gasteiger partial charge in [-0.05, 0) is 24.1 Å². The molecule has 2 N–H and O–H groups in total. The van der Waals surface area contributed by atoms with Crippen LogP contribution in [0.4, 0.5) is 0 Å². The standard InChI is InChI=1S/C11H14Cl2N2/c12-9-2-1-8(11(13)5-9)7-15-4-3-10(15)6-14/h1-2,5,10H,3-4,6-7,14H2. The van der Waals surface area contributed by atoms with Gasteiger partial charge in [-0.2, -0.15) is 0 Å². The smallest absolute Gasteiger partial charge is 0.0465 e. The Bertz CT molecular complexity index is 352. The molecule has 1 unspecified atom stereocenters. The van der Waals surface area contributed by atoms with Gasteiger partial charge in [-0.3, -0.25) is 4.90 Å². The molecule has 0 bridgehead atoms. The van der Waals surface area contributed by atoms with E-state index in [1.165, 1.54) is 6.42 Å². The Kier molecular flexibility index (Phi) is 3.52. The van der Waals surface area contributed by atoms with Crippen molar-refractivity contribution in [2.24, 2.45) is 5.73 Å². The van der Waals surface area contributed by atoms with E-state index in [9.17, 15) is 0 Å². The highest BCUT2D eigenvalue weighted by molar-refractivity contribution is 6.35. The third-order valence-electron chi connectivity index (χ3n) is 2.93. The van der Waals surface area contributed by atoms with Crippen LogP contribution in [0.15, 0.2) is 18.2 Å². The number of benzene rings is 1. The van der Waals surface area contributed by atoms with E-state index >= 15 is 0 Å². The molecule has 0 amide bonds. The minimum Gasteiger partial charge on any atom is -0.329 e. The molecule has 0 aromatic heterocycles. The Morgan fingerprint density at radius 2 is 2.20 bits per heavy atom. The van der Waals surface area contributed by atoms with Crippen molar-refractivity contribution in [1.82, 2.24) is 4.90 Å². The molecule has 1 aromatic carbocycles. The third kappa shape index (κ3) is 2.45. The fraction of sp³-hybridized carbons (Fsp3) is 0.455. The highest BCUT2D eigenvalue weighted by Crippen LogP contribution is 2.25. The zero-order chi connectivity index (χ0) is 10.8. The Morgan fingerprint density at radius 3 is 2.73 bits per heavy atom. The van der Waals surface area contributed by atoms with Crippen LogP contribution in [0.3, 0.4) is 0 Å². The first-order valence-corrected chi connectivity index (χ1v) is 5.84. The first-order valence-electron chi connectivity index (χ1n) is 5.08. The molecule has 0 aliphatic carbocycles. The summed E-state index contributed by atoms with van der Waals surface area (Å²) in [5.41, 5.74) is 6.77. The fourth-order valence-corrected chi connectivity index (χ4v) is 2.31. The first kappa shape index (κ1) is 11.2. The minimum atomic E-state index is 0.525. The van der Waals surface area contributed by atoms with E-state index in [2.05, 4.69) is 4.90 Å². The number of likely N-dealkylation sites (tertiary alicyclic amines) is 1. The summed E-state index contributed by atoms with van der Waals surface area (Å²) in [5, 5.41) is 1.42. The lowest BCUT2D eigenvalue weighted by Crippen LogP contribution is -2.50. The Hall–Kier alpha value is -0.280. The topological polar surface area (TPSA) is 29.3 Å². The summed E-state index contributed by atoms with van der Waals surface area (Å²) in [4.78, 5) is 2.34. The van der Waals surface area contributed by atoms with Gasteiger partial charge in [-0.1, -0.05) is 29.3 Å². The molecule has 0 saturated carbocycles. The van der Waals surface area contributed by atoms with Crippen molar-refractivity contribution in [1.29, 1.82) is 0 Å². The van der Waals surface area contributed by atoms with Crippen LogP contribution in [0, 0.1) is 0 Å². The second-order valence-corrected chi connectivity index (χ2v) is 4.73. The predicted molar refractivity (Wildman–Crippen MR) is 64.3 cm³/mol. The van der Waals surface area contributed by atoms with E-state index in [1.807, 2.05) is 12.1 Å². The highest BCUT2D eigenvalue weighted by Gasteiger charge is 2.26. The summed E-state index contributed by atoms with van der Waals surface area (Å²) in [7, 11) is 0.